The molecule has 112 valence electrons. The molecule has 3 nitrogen and oxygen atoms in total. The molecular weight excluding hydrogens is 320 g/mol. The predicted octanol–water partition coefficient (Wildman–Crippen LogP) is 4.32. The van der Waals surface area contributed by atoms with Gasteiger partial charge in [-0.15, -0.1) is 0 Å². The van der Waals surface area contributed by atoms with Crippen molar-refractivity contribution in [1.29, 1.82) is 0 Å². The fraction of sp³-hybridized carbons (Fsp3) is 0.625. The number of alkyl halides is 1. The molecule has 1 aromatic rings. The lowest BCUT2D eigenvalue weighted by Gasteiger charge is -2.15. The van der Waals surface area contributed by atoms with E-state index in [4.69, 9.17) is 14.2 Å². The first-order chi connectivity index (χ1) is 9.85. The van der Waals surface area contributed by atoms with Gasteiger partial charge in [0.25, 0.3) is 0 Å². The van der Waals surface area contributed by atoms with Crippen molar-refractivity contribution in [2.45, 2.75) is 44.0 Å². The maximum atomic E-state index is 5.96. The van der Waals surface area contributed by atoms with Crippen molar-refractivity contribution in [2.24, 2.45) is 0 Å². The summed E-state index contributed by atoms with van der Waals surface area (Å²) < 4.78 is 17.2. The monoisotopic (exact) mass is 342 g/mol. The first-order valence-electron chi connectivity index (χ1n) is 7.40. The van der Waals surface area contributed by atoms with E-state index in [1.54, 1.807) is 0 Å². The molecule has 1 aliphatic rings. The van der Waals surface area contributed by atoms with E-state index in [1.165, 1.54) is 12.8 Å². The number of halogens is 1. The molecule has 1 fully saturated rings. The lowest BCUT2D eigenvalue weighted by Crippen LogP contribution is -2.08. The highest BCUT2D eigenvalue weighted by Crippen LogP contribution is 2.33. The van der Waals surface area contributed by atoms with Gasteiger partial charge in [-0.1, -0.05) is 28.1 Å². The number of benzene rings is 1. The minimum absolute atomic E-state index is 0.441. The number of hydrogen-bond donors (Lipinski definition) is 0. The molecule has 1 aliphatic heterocycles. The number of ether oxygens (including phenoxy) is 3. The van der Waals surface area contributed by atoms with Gasteiger partial charge in [-0.2, -0.15) is 0 Å². The quantitative estimate of drug-likeness (QED) is 0.520. The molecule has 0 aliphatic carbocycles. The number of para-hydroxylation sites is 1. The summed E-state index contributed by atoms with van der Waals surface area (Å²) >= 11 is 3.50. The summed E-state index contributed by atoms with van der Waals surface area (Å²) in [6.45, 7) is 4.27. The molecule has 0 bridgehead atoms. The molecule has 0 aromatic heterocycles. The zero-order valence-electron chi connectivity index (χ0n) is 12.1. The molecule has 1 atom stereocenters. The van der Waals surface area contributed by atoms with Crippen LogP contribution in [0.1, 0.15) is 38.2 Å². The van der Waals surface area contributed by atoms with Crippen molar-refractivity contribution in [3.8, 4) is 11.5 Å². The highest BCUT2D eigenvalue weighted by atomic mass is 79.9. The van der Waals surface area contributed by atoms with Crippen LogP contribution in [0.15, 0.2) is 18.2 Å². The van der Waals surface area contributed by atoms with Gasteiger partial charge in [0.2, 0.25) is 0 Å². The first kappa shape index (κ1) is 15.6. The zero-order chi connectivity index (χ0) is 14.2. The predicted molar refractivity (Wildman–Crippen MR) is 83.9 cm³/mol. The molecule has 0 radical (unpaired) electrons. The second kappa shape index (κ2) is 8.53. The fourth-order valence-electron chi connectivity index (χ4n) is 2.46. The molecule has 1 saturated heterocycles. The van der Waals surface area contributed by atoms with Gasteiger partial charge in [0.1, 0.15) is 0 Å². The van der Waals surface area contributed by atoms with Crippen molar-refractivity contribution in [1.82, 2.24) is 0 Å². The summed E-state index contributed by atoms with van der Waals surface area (Å²) in [6.07, 6.45) is 4.94. The van der Waals surface area contributed by atoms with Gasteiger partial charge < -0.3 is 14.2 Å². The van der Waals surface area contributed by atoms with E-state index in [-0.39, 0.29) is 0 Å². The van der Waals surface area contributed by atoms with E-state index in [1.807, 2.05) is 19.1 Å². The van der Waals surface area contributed by atoms with Crippen molar-refractivity contribution in [2.75, 3.05) is 19.8 Å². The Morgan fingerprint density at radius 3 is 2.95 bits per heavy atom. The first-order valence-corrected chi connectivity index (χ1v) is 8.52. The number of rotatable bonds is 8. The minimum atomic E-state index is 0.441. The van der Waals surface area contributed by atoms with Gasteiger partial charge in [0.05, 0.1) is 19.3 Å². The average molecular weight is 343 g/mol. The largest absolute Gasteiger partial charge is 0.490 e. The topological polar surface area (TPSA) is 27.7 Å². The van der Waals surface area contributed by atoms with Gasteiger partial charge in [-0.25, -0.2) is 0 Å². The fourth-order valence-corrected chi connectivity index (χ4v) is 2.90. The molecule has 2 rings (SSSR count). The van der Waals surface area contributed by atoms with E-state index >= 15 is 0 Å². The SMILES string of the molecule is CCOc1cccc(CBr)c1OCCCC1CCCO1. The van der Waals surface area contributed by atoms with Gasteiger partial charge >= 0.3 is 0 Å². The second-order valence-electron chi connectivity index (χ2n) is 4.94. The lowest BCUT2D eigenvalue weighted by atomic mass is 10.1. The van der Waals surface area contributed by atoms with Gasteiger partial charge in [0.15, 0.2) is 11.5 Å². The van der Waals surface area contributed by atoms with Gasteiger partial charge in [-0.05, 0) is 38.7 Å². The van der Waals surface area contributed by atoms with Crippen LogP contribution in [0.25, 0.3) is 0 Å². The van der Waals surface area contributed by atoms with E-state index in [0.717, 1.165) is 41.8 Å². The summed E-state index contributed by atoms with van der Waals surface area (Å²) in [5.74, 6) is 1.71. The molecule has 1 unspecified atom stereocenters. The molecule has 0 saturated carbocycles. The van der Waals surface area contributed by atoms with E-state index < -0.39 is 0 Å². The Balaban J connectivity index is 1.86. The maximum absolute atomic E-state index is 5.96. The minimum Gasteiger partial charge on any atom is -0.490 e. The molecule has 4 heteroatoms. The summed E-state index contributed by atoms with van der Waals surface area (Å²) in [4.78, 5) is 0. The van der Waals surface area contributed by atoms with E-state index in [2.05, 4.69) is 22.0 Å². The third kappa shape index (κ3) is 4.38. The summed E-state index contributed by atoms with van der Waals surface area (Å²) in [5.41, 5.74) is 1.13. The van der Waals surface area contributed by atoms with Crippen LogP contribution in [-0.2, 0) is 10.1 Å². The van der Waals surface area contributed by atoms with Crippen LogP contribution in [0.4, 0.5) is 0 Å². The smallest absolute Gasteiger partial charge is 0.165 e. The van der Waals surface area contributed by atoms with Crippen molar-refractivity contribution in [3.63, 3.8) is 0 Å². The Kier molecular flexibility index (Phi) is 6.67. The summed E-state index contributed by atoms with van der Waals surface area (Å²) in [7, 11) is 0. The molecule has 0 amide bonds. The van der Waals surface area contributed by atoms with Gasteiger partial charge in [0, 0.05) is 17.5 Å². The summed E-state index contributed by atoms with van der Waals surface area (Å²) in [6, 6.07) is 6.03. The van der Waals surface area contributed by atoms with Crippen molar-refractivity contribution in [3.05, 3.63) is 23.8 Å². The zero-order valence-corrected chi connectivity index (χ0v) is 13.7. The third-order valence-electron chi connectivity index (χ3n) is 3.45. The standard InChI is InChI=1S/C16H23BrO3/c1-2-18-15-9-3-6-13(12-17)16(15)20-11-5-8-14-7-4-10-19-14/h3,6,9,14H,2,4-5,7-8,10-12H2,1H3. The van der Waals surface area contributed by atoms with Crippen LogP contribution >= 0.6 is 15.9 Å². The van der Waals surface area contributed by atoms with Crippen LogP contribution in [-0.4, -0.2) is 25.9 Å². The van der Waals surface area contributed by atoms with Crippen LogP contribution < -0.4 is 9.47 Å². The average Bonchev–Trinajstić information content (AvgIpc) is 2.98. The Bertz CT molecular complexity index is 403. The van der Waals surface area contributed by atoms with E-state index in [0.29, 0.717) is 19.3 Å². The van der Waals surface area contributed by atoms with Crippen LogP contribution in [0, 0.1) is 0 Å². The molecule has 0 spiro atoms. The van der Waals surface area contributed by atoms with Crippen LogP contribution in [0.5, 0.6) is 11.5 Å². The maximum Gasteiger partial charge on any atom is 0.165 e. The Labute approximate surface area is 129 Å². The third-order valence-corrected chi connectivity index (χ3v) is 4.05. The van der Waals surface area contributed by atoms with Crippen LogP contribution in [0.2, 0.25) is 0 Å². The lowest BCUT2D eigenvalue weighted by molar-refractivity contribution is 0.0979. The normalized spacial score (nSPS) is 18.2. The summed E-state index contributed by atoms with van der Waals surface area (Å²) in [5, 5.41) is 0.773. The van der Waals surface area contributed by atoms with Crippen molar-refractivity contribution < 1.29 is 14.2 Å². The van der Waals surface area contributed by atoms with Gasteiger partial charge in [-0.3, -0.25) is 0 Å². The van der Waals surface area contributed by atoms with Crippen molar-refractivity contribution >= 4 is 15.9 Å². The Morgan fingerprint density at radius 2 is 2.25 bits per heavy atom. The molecule has 1 heterocycles. The molecule has 0 N–H and O–H groups in total. The van der Waals surface area contributed by atoms with Crippen LogP contribution in [0.3, 0.4) is 0 Å². The number of hydrogen-bond acceptors (Lipinski definition) is 3. The van der Waals surface area contributed by atoms with E-state index in [9.17, 15) is 0 Å². The highest BCUT2D eigenvalue weighted by molar-refractivity contribution is 9.08. The Morgan fingerprint density at radius 1 is 1.35 bits per heavy atom. The highest BCUT2D eigenvalue weighted by Gasteiger charge is 2.15. The second-order valence-corrected chi connectivity index (χ2v) is 5.50. The Hall–Kier alpha value is -0.740. The molecule has 1 aromatic carbocycles. The molecule has 20 heavy (non-hydrogen) atoms. The molecular formula is C16H23BrO3.